The number of nitrogens with zero attached hydrogens (tertiary/aromatic N) is 1. The molecule has 1 aliphatic rings. The molecule has 0 saturated carbocycles. The molecule has 1 atom stereocenters. The number of ether oxygens (including phenoxy) is 2. The predicted molar refractivity (Wildman–Crippen MR) is 160 cm³/mol. The van der Waals surface area contributed by atoms with E-state index < -0.39 is 42.3 Å². The van der Waals surface area contributed by atoms with Gasteiger partial charge in [-0.3, -0.25) is 19.3 Å². The van der Waals surface area contributed by atoms with E-state index in [0.29, 0.717) is 16.0 Å². The topological polar surface area (TPSA) is 119 Å². The molecule has 1 N–H and O–H groups in total. The molecule has 2 aromatic carbocycles. The Kier molecular flexibility index (Phi) is 9.84. The van der Waals surface area contributed by atoms with Crippen LogP contribution in [0.5, 0.6) is 0 Å². The molecule has 0 radical (unpaired) electrons. The van der Waals surface area contributed by atoms with Gasteiger partial charge in [-0.2, -0.15) is 0 Å². The molecule has 0 fully saturated rings. The van der Waals surface area contributed by atoms with E-state index in [1.54, 1.807) is 51.1 Å². The van der Waals surface area contributed by atoms with E-state index in [1.807, 2.05) is 0 Å². The summed E-state index contributed by atoms with van der Waals surface area (Å²) >= 11 is 25.9. The predicted octanol–water partition coefficient (Wildman–Crippen LogP) is 6.54. The van der Waals surface area contributed by atoms with Crippen molar-refractivity contribution in [1.82, 2.24) is 4.90 Å². The number of aryl methyl sites for hydroxylation is 1. The first-order chi connectivity index (χ1) is 19.9. The second-order valence-electron chi connectivity index (χ2n) is 9.06. The number of thiophene rings is 1. The molecule has 9 nitrogen and oxygen atoms in total. The maximum Gasteiger partial charge on any atom is 0.341 e. The standard InChI is InChI=1S/C28H22Cl4N2O7S/c1-4-40-28(39)17-12(2)13(3)42-24(17)33-16(35)11-41-27(38)15(10-14-8-6-5-7-9-14)34-25(36)18-19(26(34)37)21(30)23(32)22(31)20(18)29/h5-9,15H,4,10-11H2,1-3H3,(H,33,35)/t15-/m1/s1. The maximum absolute atomic E-state index is 13.5. The lowest BCUT2D eigenvalue weighted by molar-refractivity contribution is -0.151. The van der Waals surface area contributed by atoms with Crippen LogP contribution in [0.25, 0.3) is 0 Å². The van der Waals surface area contributed by atoms with Crippen LogP contribution in [0.3, 0.4) is 0 Å². The lowest BCUT2D eigenvalue weighted by atomic mass is 10.0. The van der Waals surface area contributed by atoms with E-state index >= 15 is 0 Å². The number of carbonyl (C=O) groups is 5. The molecule has 1 aromatic heterocycles. The van der Waals surface area contributed by atoms with Crippen LogP contribution in [-0.2, 0) is 25.5 Å². The summed E-state index contributed by atoms with van der Waals surface area (Å²) in [6.45, 7) is 4.55. The Bertz CT molecular complexity index is 1580. The number of esters is 2. The maximum atomic E-state index is 13.5. The zero-order chi connectivity index (χ0) is 30.9. The van der Waals surface area contributed by atoms with E-state index in [9.17, 15) is 24.0 Å². The van der Waals surface area contributed by atoms with Gasteiger partial charge < -0.3 is 14.8 Å². The minimum atomic E-state index is -1.50. The number of rotatable bonds is 9. The minimum Gasteiger partial charge on any atom is -0.462 e. The average molecular weight is 672 g/mol. The van der Waals surface area contributed by atoms with Gasteiger partial charge in [-0.25, -0.2) is 9.59 Å². The number of amides is 3. The van der Waals surface area contributed by atoms with Crippen molar-refractivity contribution in [3.05, 3.63) is 83.1 Å². The van der Waals surface area contributed by atoms with Gasteiger partial charge in [0.2, 0.25) is 0 Å². The van der Waals surface area contributed by atoms with Crippen molar-refractivity contribution in [2.45, 2.75) is 33.2 Å². The Balaban J connectivity index is 1.59. The molecular weight excluding hydrogens is 650 g/mol. The molecule has 42 heavy (non-hydrogen) atoms. The van der Waals surface area contributed by atoms with Gasteiger partial charge in [-0.1, -0.05) is 76.7 Å². The normalized spacial score (nSPS) is 13.2. The van der Waals surface area contributed by atoms with Crippen molar-refractivity contribution in [2.24, 2.45) is 0 Å². The number of fused-ring (bicyclic) bond motifs is 1. The summed E-state index contributed by atoms with van der Waals surface area (Å²) in [6.07, 6.45) is -0.139. The van der Waals surface area contributed by atoms with E-state index in [1.165, 1.54) is 11.3 Å². The second kappa shape index (κ2) is 13.0. The Morgan fingerprint density at radius 3 is 2.02 bits per heavy atom. The van der Waals surface area contributed by atoms with Crippen LogP contribution in [0.15, 0.2) is 30.3 Å². The number of hydrogen-bond donors (Lipinski definition) is 1. The highest BCUT2D eigenvalue weighted by atomic mass is 35.5. The summed E-state index contributed by atoms with van der Waals surface area (Å²) in [5.41, 5.74) is 0.867. The van der Waals surface area contributed by atoms with Gasteiger partial charge >= 0.3 is 11.9 Å². The van der Waals surface area contributed by atoms with Crippen LogP contribution in [0.4, 0.5) is 5.00 Å². The van der Waals surface area contributed by atoms with Crippen LogP contribution in [-0.4, -0.2) is 53.8 Å². The van der Waals surface area contributed by atoms with Crippen LogP contribution in [0, 0.1) is 13.8 Å². The van der Waals surface area contributed by atoms with Crippen molar-refractivity contribution in [2.75, 3.05) is 18.5 Å². The highest BCUT2D eigenvalue weighted by Crippen LogP contribution is 2.45. The molecule has 1 aliphatic heterocycles. The van der Waals surface area contributed by atoms with Crippen LogP contribution >= 0.6 is 57.7 Å². The van der Waals surface area contributed by atoms with E-state index in [0.717, 1.165) is 4.88 Å². The average Bonchev–Trinajstić information content (AvgIpc) is 3.38. The van der Waals surface area contributed by atoms with E-state index in [-0.39, 0.29) is 54.8 Å². The third-order valence-corrected chi connectivity index (χ3v) is 9.38. The molecule has 14 heteroatoms. The molecule has 0 bridgehead atoms. The van der Waals surface area contributed by atoms with Gasteiger partial charge in [0.05, 0.1) is 43.4 Å². The summed E-state index contributed by atoms with van der Waals surface area (Å²) in [7, 11) is 0. The number of anilines is 1. The summed E-state index contributed by atoms with van der Waals surface area (Å²) in [4.78, 5) is 67.1. The Morgan fingerprint density at radius 2 is 1.48 bits per heavy atom. The number of nitrogens with one attached hydrogen (secondary N) is 1. The first kappa shape index (κ1) is 31.8. The van der Waals surface area contributed by atoms with Crippen molar-refractivity contribution >= 4 is 92.4 Å². The fourth-order valence-electron chi connectivity index (χ4n) is 4.33. The van der Waals surface area contributed by atoms with Gasteiger partial charge in [0.1, 0.15) is 11.0 Å². The number of hydrogen-bond acceptors (Lipinski definition) is 8. The highest BCUT2D eigenvalue weighted by Gasteiger charge is 2.47. The van der Waals surface area contributed by atoms with Crippen LogP contribution < -0.4 is 5.32 Å². The van der Waals surface area contributed by atoms with Crippen LogP contribution in [0.2, 0.25) is 20.1 Å². The molecule has 3 amide bonds. The van der Waals surface area contributed by atoms with E-state index in [2.05, 4.69) is 5.32 Å². The number of carbonyl (C=O) groups excluding carboxylic acids is 5. The molecular formula is C28H22Cl4N2O7S. The van der Waals surface area contributed by atoms with E-state index in [4.69, 9.17) is 55.9 Å². The van der Waals surface area contributed by atoms with Crippen molar-refractivity contribution in [1.29, 1.82) is 0 Å². The quantitative estimate of drug-likeness (QED) is 0.119. The first-order valence-electron chi connectivity index (χ1n) is 12.4. The van der Waals surface area contributed by atoms with Crippen LogP contribution in [0.1, 0.15) is 54.0 Å². The Morgan fingerprint density at radius 1 is 0.905 bits per heavy atom. The molecule has 3 aromatic rings. The molecule has 0 aliphatic carbocycles. The van der Waals surface area contributed by atoms with Gasteiger partial charge in [0, 0.05) is 11.3 Å². The first-order valence-corrected chi connectivity index (χ1v) is 14.7. The molecule has 0 spiro atoms. The SMILES string of the molecule is CCOC(=O)c1c(NC(=O)COC(=O)[C@@H](Cc2ccccc2)N2C(=O)c3c(Cl)c(Cl)c(Cl)c(Cl)c3C2=O)sc(C)c1C. The lowest BCUT2D eigenvalue weighted by Gasteiger charge is -2.24. The van der Waals surface area contributed by atoms with Gasteiger partial charge in [-0.05, 0) is 31.9 Å². The molecule has 4 rings (SSSR count). The van der Waals surface area contributed by atoms with Gasteiger partial charge in [0.25, 0.3) is 17.7 Å². The number of imide groups is 1. The zero-order valence-corrected chi connectivity index (χ0v) is 26.2. The monoisotopic (exact) mass is 670 g/mol. The molecule has 0 unspecified atom stereocenters. The molecule has 0 saturated heterocycles. The Hall–Kier alpha value is -3.15. The number of benzene rings is 2. The highest BCUT2D eigenvalue weighted by molar-refractivity contribution is 7.16. The van der Waals surface area contributed by atoms with Crippen molar-refractivity contribution < 1.29 is 33.4 Å². The zero-order valence-electron chi connectivity index (χ0n) is 22.3. The number of halogens is 4. The fourth-order valence-corrected chi connectivity index (χ4v) is 6.41. The summed E-state index contributed by atoms with van der Waals surface area (Å²) < 4.78 is 10.4. The van der Waals surface area contributed by atoms with Crippen molar-refractivity contribution in [3.63, 3.8) is 0 Å². The largest absolute Gasteiger partial charge is 0.462 e. The van der Waals surface area contributed by atoms with Crippen molar-refractivity contribution in [3.8, 4) is 0 Å². The summed E-state index contributed by atoms with van der Waals surface area (Å²) in [6, 6.07) is 7.07. The van der Waals surface area contributed by atoms with Gasteiger partial charge in [-0.15, -0.1) is 11.3 Å². The Labute approximate surface area is 264 Å². The fraction of sp³-hybridized carbons (Fsp3) is 0.250. The minimum absolute atomic E-state index is 0.139. The third-order valence-electron chi connectivity index (χ3n) is 6.45. The second-order valence-corrected chi connectivity index (χ2v) is 11.8. The molecule has 2 heterocycles. The smallest absolute Gasteiger partial charge is 0.341 e. The summed E-state index contributed by atoms with van der Waals surface area (Å²) in [5.74, 6) is -4.24. The lowest BCUT2D eigenvalue weighted by Crippen LogP contribution is -2.47. The van der Waals surface area contributed by atoms with Gasteiger partial charge in [0.15, 0.2) is 6.61 Å². The molecule has 220 valence electrons. The summed E-state index contributed by atoms with van der Waals surface area (Å²) in [5, 5.41) is 1.81. The third kappa shape index (κ3) is 6.00.